The van der Waals surface area contributed by atoms with Crippen molar-refractivity contribution in [3.05, 3.63) is 96.5 Å². The highest BCUT2D eigenvalue weighted by atomic mass is 16.5. The van der Waals surface area contributed by atoms with Crippen LogP contribution in [-0.4, -0.2) is 46.4 Å². The Morgan fingerprint density at radius 1 is 0.828 bits per heavy atom. The second kappa shape index (κ2) is 21.3. The lowest BCUT2D eigenvalue weighted by Crippen LogP contribution is -2.25. The molecule has 0 radical (unpaired) electrons. The molecule has 5 heterocycles. The van der Waals surface area contributed by atoms with Crippen molar-refractivity contribution in [3.63, 3.8) is 0 Å². The van der Waals surface area contributed by atoms with Crippen LogP contribution in [0.4, 0.5) is 0 Å². The Morgan fingerprint density at radius 3 is 2.14 bits per heavy atom. The van der Waals surface area contributed by atoms with Crippen molar-refractivity contribution in [2.45, 2.75) is 146 Å². The molecular weight excluding hydrogens is 797 g/mol. The topological polar surface area (TPSA) is 129 Å². The number of carbonyl (C=O) groups is 3. The van der Waals surface area contributed by atoms with Crippen molar-refractivity contribution in [3.8, 4) is 0 Å². The Morgan fingerprint density at radius 2 is 1.48 bits per heavy atom. The minimum Gasteiger partial charge on any atom is -0.468 e. The molecule has 1 fully saturated rings. The van der Waals surface area contributed by atoms with Gasteiger partial charge in [-0.25, -0.2) is 0 Å². The van der Waals surface area contributed by atoms with Gasteiger partial charge in [0.25, 0.3) is 0 Å². The highest BCUT2D eigenvalue weighted by Gasteiger charge is 2.48. The Kier molecular flexibility index (Phi) is 16.1. The van der Waals surface area contributed by atoms with Gasteiger partial charge in [0, 0.05) is 74.1 Å². The minimum absolute atomic E-state index is 0.0876. The van der Waals surface area contributed by atoms with Crippen molar-refractivity contribution < 1.29 is 23.9 Å². The van der Waals surface area contributed by atoms with Crippen molar-refractivity contribution in [2.75, 3.05) is 13.7 Å². The van der Waals surface area contributed by atoms with Crippen LogP contribution in [0.25, 0.3) is 29.9 Å². The number of methoxy groups -OCH3 is 1. The third-order valence-electron chi connectivity index (χ3n) is 14.6. The minimum atomic E-state index is -1.14. The molecule has 3 aromatic rings. The Hall–Kier alpha value is -5.05. The fourth-order valence-electron chi connectivity index (χ4n) is 10.4. The summed E-state index contributed by atoms with van der Waals surface area (Å²) in [4.78, 5) is 52.4. The van der Waals surface area contributed by atoms with Gasteiger partial charge in [0.2, 0.25) is 0 Å². The number of carbonyl (C=O) groups excluding carboxylic acids is 3. The van der Waals surface area contributed by atoms with Crippen LogP contribution in [0.2, 0.25) is 0 Å². The summed E-state index contributed by atoms with van der Waals surface area (Å²) >= 11 is 0. The summed E-state index contributed by atoms with van der Waals surface area (Å²) in [7, 11) is 1.32. The van der Waals surface area contributed by atoms with E-state index in [0.29, 0.717) is 23.3 Å². The van der Waals surface area contributed by atoms with Crippen LogP contribution in [0.3, 0.4) is 0 Å². The number of allylic oxidation sites excluding steroid dienone is 3. The van der Waals surface area contributed by atoms with Gasteiger partial charge in [0.05, 0.1) is 12.8 Å². The molecule has 2 aliphatic heterocycles. The van der Waals surface area contributed by atoms with E-state index in [-0.39, 0.29) is 36.6 Å². The quantitative estimate of drug-likeness (QED) is 0.0508. The summed E-state index contributed by atoms with van der Waals surface area (Å²) in [5.74, 6) is -0.275. The maximum Gasteiger partial charge on any atom is 0.321 e. The summed E-state index contributed by atoms with van der Waals surface area (Å²) in [6.07, 6.45) is 23.1. The number of hydrogen-bond donors (Lipinski definition) is 4. The molecule has 0 saturated carbocycles. The fraction of sp³-hybridized carbons (Fsp3) is 0.545. The summed E-state index contributed by atoms with van der Waals surface area (Å²) in [5, 5.41) is 5.66. The third kappa shape index (κ3) is 10.6. The first-order chi connectivity index (χ1) is 30.6. The van der Waals surface area contributed by atoms with Gasteiger partial charge in [-0.15, -0.1) is 0 Å². The van der Waals surface area contributed by atoms with E-state index in [9.17, 15) is 14.4 Å². The molecule has 0 amide bonds. The van der Waals surface area contributed by atoms with E-state index in [2.05, 4.69) is 107 Å². The number of ketones is 1. The molecule has 1 aliphatic carbocycles. The van der Waals surface area contributed by atoms with Crippen LogP contribution in [0.1, 0.15) is 180 Å². The lowest BCUT2D eigenvalue weighted by molar-refractivity contribution is -0.143. The zero-order valence-electron chi connectivity index (χ0n) is 40.8. The van der Waals surface area contributed by atoms with Crippen molar-refractivity contribution in [2.24, 2.45) is 35.5 Å². The third-order valence-corrected chi connectivity index (χ3v) is 14.6. The standard InChI is InChI=1S/C55H76N4O5/c1-13-39-35(8)42-28-44-37(10)41(24-25-48(60)64-27-26-34(7)23-17-22-33(6)21-16-20-32(5)19-15-18-31(3)4)52(58-44)50-51(55(62)63-12)54(61)49-38(11)45(59-53(49)50)30-47-40(14-2)36(9)43(57-47)29-46(39)56-42/h13,26,28-33,37,41,51,56-59H,1,14-25,27H2,2-12H3/b34-26+,43-29-,44-28-,47-30-,52-50-/t32-,33-,37+,41+,51+/m1/s1. The van der Waals surface area contributed by atoms with Crippen LogP contribution in [0, 0.1) is 56.3 Å². The SMILES string of the molecule is C=Cc1c2[nH]c(c1C)/C=C1\N/C(=C3\c4[nH]c(c(C)c4C(=O)[C@H]3C(=O)OC)/C=c3\[nH]/c(c(C)c3CC)=C\2)[C@@H](CCC(=O)OC/C=C(\C)CCC[C@H](C)CCC[C@H](C)CCCC(C)C)[C@@H]1C. The smallest absolute Gasteiger partial charge is 0.321 e. The van der Waals surface area contributed by atoms with Gasteiger partial charge >= 0.3 is 11.9 Å². The summed E-state index contributed by atoms with van der Waals surface area (Å²) < 4.78 is 11.1. The zero-order valence-corrected chi connectivity index (χ0v) is 40.8. The van der Waals surface area contributed by atoms with Crippen LogP contribution >= 0.6 is 0 Å². The molecular formula is C55H76N4O5. The van der Waals surface area contributed by atoms with Gasteiger partial charge in [0.15, 0.2) is 5.78 Å². The van der Waals surface area contributed by atoms with Crippen molar-refractivity contribution >= 4 is 47.6 Å². The summed E-state index contributed by atoms with van der Waals surface area (Å²) in [5.41, 5.74) is 12.5. The van der Waals surface area contributed by atoms with E-state index in [1.807, 2.05) is 19.1 Å². The number of esters is 2. The molecule has 0 spiro atoms. The van der Waals surface area contributed by atoms with Gasteiger partial charge in [-0.05, 0) is 118 Å². The van der Waals surface area contributed by atoms with E-state index in [1.54, 1.807) is 0 Å². The molecule has 4 N–H and O–H groups in total. The lowest BCUT2D eigenvalue weighted by atomic mass is 9.85. The molecule has 64 heavy (non-hydrogen) atoms. The number of Topliss-reactive ketones (excluding diaryl/α,β-unsaturated/α-hetero) is 1. The zero-order chi connectivity index (χ0) is 46.4. The maximum absolute atomic E-state index is 14.4. The number of fused-ring (bicyclic) bond motifs is 7. The largest absolute Gasteiger partial charge is 0.468 e. The number of H-pyrrole nitrogens is 3. The first kappa shape index (κ1) is 48.4. The monoisotopic (exact) mass is 873 g/mol. The first-order valence-electron chi connectivity index (χ1n) is 24.2. The van der Waals surface area contributed by atoms with Crippen LogP contribution in [0.5, 0.6) is 0 Å². The number of aromatic nitrogens is 3. The average Bonchev–Trinajstić information content (AvgIpc) is 3.99. The van der Waals surface area contributed by atoms with Gasteiger partial charge < -0.3 is 29.7 Å². The van der Waals surface area contributed by atoms with Crippen LogP contribution in [0.15, 0.2) is 29.6 Å². The highest BCUT2D eigenvalue weighted by Crippen LogP contribution is 2.48. The molecule has 3 aromatic heterocycles. The molecule has 0 unspecified atom stereocenters. The van der Waals surface area contributed by atoms with E-state index in [0.717, 1.165) is 98.4 Å². The summed E-state index contributed by atoms with van der Waals surface area (Å²) in [6, 6.07) is 0. The fourth-order valence-corrected chi connectivity index (χ4v) is 10.4. The normalized spacial score (nSPS) is 22.0. The number of aromatic amines is 3. The van der Waals surface area contributed by atoms with E-state index in [1.165, 1.54) is 63.2 Å². The second-order valence-corrected chi connectivity index (χ2v) is 19.7. The summed E-state index contributed by atoms with van der Waals surface area (Å²) in [6.45, 7) is 26.4. The molecule has 6 rings (SSSR count). The van der Waals surface area contributed by atoms with Gasteiger partial charge in [0.1, 0.15) is 12.5 Å². The predicted molar refractivity (Wildman–Crippen MR) is 262 cm³/mol. The Balaban J connectivity index is 1.21. The number of nitrogens with one attached hydrogen (secondary N) is 4. The lowest BCUT2D eigenvalue weighted by Gasteiger charge is -2.19. The number of ether oxygens (including phenoxy) is 2. The first-order valence-corrected chi connectivity index (χ1v) is 24.2. The number of rotatable bonds is 20. The second-order valence-electron chi connectivity index (χ2n) is 19.7. The molecule has 346 valence electrons. The molecule has 8 bridgehead atoms. The van der Waals surface area contributed by atoms with Gasteiger partial charge in [-0.1, -0.05) is 105 Å². The average molecular weight is 873 g/mol. The van der Waals surface area contributed by atoms with Crippen molar-refractivity contribution in [1.82, 2.24) is 20.3 Å². The maximum atomic E-state index is 14.4. The molecule has 3 aliphatic rings. The van der Waals surface area contributed by atoms with E-state index in [4.69, 9.17) is 9.47 Å². The van der Waals surface area contributed by atoms with Crippen LogP contribution in [-0.2, 0) is 25.5 Å². The Bertz CT molecular complexity index is 2450. The van der Waals surface area contributed by atoms with Gasteiger partial charge in [-0.2, -0.15) is 0 Å². The van der Waals surface area contributed by atoms with Crippen LogP contribution < -0.4 is 16.0 Å². The molecule has 9 nitrogen and oxygen atoms in total. The number of hydrogen-bond acceptors (Lipinski definition) is 6. The molecule has 0 aromatic carbocycles. The van der Waals surface area contributed by atoms with Gasteiger partial charge in [-0.3, -0.25) is 14.4 Å². The van der Waals surface area contributed by atoms with E-state index >= 15 is 0 Å². The predicted octanol–water partition coefficient (Wildman–Crippen LogP) is 11.1. The molecule has 5 atom stereocenters. The van der Waals surface area contributed by atoms with E-state index < -0.39 is 11.9 Å². The highest BCUT2D eigenvalue weighted by molar-refractivity contribution is 6.24. The molecule has 9 heteroatoms. The van der Waals surface area contributed by atoms with Crippen molar-refractivity contribution in [1.29, 1.82) is 0 Å². The Labute approximate surface area is 382 Å². The molecule has 1 saturated heterocycles.